The van der Waals surface area contributed by atoms with Crippen molar-refractivity contribution < 1.29 is 9.21 Å². The van der Waals surface area contributed by atoms with E-state index in [-0.39, 0.29) is 11.2 Å². The minimum Gasteiger partial charge on any atom is -0.455 e. The zero-order chi connectivity index (χ0) is 15.9. The third-order valence-corrected chi connectivity index (χ3v) is 3.78. The molecule has 1 aromatic heterocycles. The number of benzene rings is 2. The molecule has 1 heterocycles. The Kier molecular flexibility index (Phi) is 3.41. The molecule has 0 bridgehead atoms. The summed E-state index contributed by atoms with van der Waals surface area (Å²) in [5, 5.41) is 0.461. The number of rotatable bonds is 2. The number of fused-ring (bicyclic) bond motifs is 1. The van der Waals surface area contributed by atoms with Crippen LogP contribution in [0.1, 0.15) is 28.4 Å². The molecule has 0 N–H and O–H groups in total. The summed E-state index contributed by atoms with van der Waals surface area (Å²) in [6, 6.07) is 13.0. The first-order valence-corrected chi connectivity index (χ1v) is 7.13. The van der Waals surface area contributed by atoms with Gasteiger partial charge in [0.2, 0.25) is 0 Å². The number of carbonyl (C=O) groups is 1. The smallest absolute Gasteiger partial charge is 0.196 e. The molecule has 22 heavy (non-hydrogen) atoms. The predicted octanol–water partition coefficient (Wildman–Crippen LogP) is 4.28. The molecule has 0 aliphatic heterocycles. The van der Waals surface area contributed by atoms with Crippen molar-refractivity contribution in [1.82, 2.24) is 0 Å². The summed E-state index contributed by atoms with van der Waals surface area (Å²) in [5.41, 5.74) is 2.98. The second kappa shape index (κ2) is 5.26. The van der Waals surface area contributed by atoms with Gasteiger partial charge in [-0.15, -0.1) is 0 Å². The molecule has 0 radical (unpaired) electrons. The molecule has 0 saturated heterocycles. The summed E-state index contributed by atoms with van der Waals surface area (Å²) in [6.45, 7) is 5.10. The Morgan fingerprint density at radius 1 is 1.05 bits per heavy atom. The summed E-state index contributed by atoms with van der Waals surface area (Å²) in [6.07, 6.45) is 0. The van der Waals surface area contributed by atoms with Gasteiger partial charge in [0.05, 0.1) is 10.9 Å². The van der Waals surface area contributed by atoms with Gasteiger partial charge in [0, 0.05) is 11.1 Å². The van der Waals surface area contributed by atoms with Gasteiger partial charge in [0.15, 0.2) is 11.2 Å². The van der Waals surface area contributed by atoms with Crippen LogP contribution in [0.3, 0.4) is 0 Å². The Hall–Kier alpha value is -2.68. The molecular formula is C19H16O3. The second-order valence-electron chi connectivity index (χ2n) is 5.50. The highest BCUT2D eigenvalue weighted by Crippen LogP contribution is 2.28. The van der Waals surface area contributed by atoms with Gasteiger partial charge in [-0.05, 0) is 38.5 Å². The second-order valence-corrected chi connectivity index (χ2v) is 5.50. The summed E-state index contributed by atoms with van der Waals surface area (Å²) < 4.78 is 5.99. The minimum absolute atomic E-state index is 0.0914. The van der Waals surface area contributed by atoms with Crippen LogP contribution in [0.25, 0.3) is 22.3 Å². The average molecular weight is 292 g/mol. The topological polar surface area (TPSA) is 47.3 Å². The largest absolute Gasteiger partial charge is 0.455 e. The molecule has 0 aliphatic rings. The van der Waals surface area contributed by atoms with Gasteiger partial charge >= 0.3 is 0 Å². The Bertz CT molecular complexity index is 934. The standard InChI is InChI=1S/C19H16O3/c1-11-9-15(13(3)20)19-16(10-11)17(21)12(2)18(22-19)14-7-5-4-6-8-14/h4-10H,1-3H3. The Balaban J connectivity index is 2.46. The van der Waals surface area contributed by atoms with E-state index < -0.39 is 0 Å². The van der Waals surface area contributed by atoms with Crippen LogP contribution < -0.4 is 5.43 Å². The molecule has 0 unspecified atom stereocenters. The maximum atomic E-state index is 12.7. The van der Waals surface area contributed by atoms with Crippen LogP contribution in [0, 0.1) is 13.8 Å². The normalized spacial score (nSPS) is 10.9. The fourth-order valence-corrected chi connectivity index (χ4v) is 2.66. The van der Waals surface area contributed by atoms with E-state index in [0.717, 1.165) is 11.1 Å². The van der Waals surface area contributed by atoms with Gasteiger partial charge in [0.25, 0.3) is 0 Å². The van der Waals surface area contributed by atoms with E-state index in [4.69, 9.17) is 4.42 Å². The van der Waals surface area contributed by atoms with E-state index in [2.05, 4.69) is 0 Å². The first-order chi connectivity index (χ1) is 10.5. The van der Waals surface area contributed by atoms with Crippen molar-refractivity contribution in [3.63, 3.8) is 0 Å². The molecule has 0 saturated carbocycles. The lowest BCUT2D eigenvalue weighted by molar-refractivity contribution is 0.101. The monoisotopic (exact) mass is 292 g/mol. The van der Waals surface area contributed by atoms with Gasteiger partial charge in [-0.3, -0.25) is 9.59 Å². The van der Waals surface area contributed by atoms with Crippen LogP contribution >= 0.6 is 0 Å². The summed E-state index contributed by atoms with van der Waals surface area (Å²) >= 11 is 0. The van der Waals surface area contributed by atoms with Crippen molar-refractivity contribution in [2.45, 2.75) is 20.8 Å². The van der Waals surface area contributed by atoms with Crippen molar-refractivity contribution in [1.29, 1.82) is 0 Å². The first-order valence-electron chi connectivity index (χ1n) is 7.13. The highest BCUT2D eigenvalue weighted by atomic mass is 16.3. The van der Waals surface area contributed by atoms with Crippen LogP contribution in [0.4, 0.5) is 0 Å². The first kappa shape index (κ1) is 14.3. The van der Waals surface area contributed by atoms with E-state index in [1.54, 1.807) is 19.1 Å². The van der Waals surface area contributed by atoms with Crippen LogP contribution in [0.2, 0.25) is 0 Å². The molecule has 110 valence electrons. The highest BCUT2D eigenvalue weighted by molar-refractivity contribution is 6.05. The molecular weight excluding hydrogens is 276 g/mol. The molecule has 0 spiro atoms. The molecule has 0 amide bonds. The number of aryl methyl sites for hydroxylation is 1. The van der Waals surface area contributed by atoms with Crippen molar-refractivity contribution >= 4 is 16.8 Å². The van der Waals surface area contributed by atoms with Gasteiger partial charge in [-0.25, -0.2) is 0 Å². The maximum Gasteiger partial charge on any atom is 0.196 e. The SMILES string of the molecule is CC(=O)c1cc(C)cc2c(=O)c(C)c(-c3ccccc3)oc12. The highest BCUT2D eigenvalue weighted by Gasteiger charge is 2.17. The third-order valence-electron chi connectivity index (χ3n) is 3.78. The molecule has 0 atom stereocenters. The summed E-state index contributed by atoms with van der Waals surface area (Å²) in [4.78, 5) is 24.6. The minimum atomic E-state index is -0.111. The van der Waals surface area contributed by atoms with Crippen LogP contribution in [0.5, 0.6) is 0 Å². The summed E-state index contributed by atoms with van der Waals surface area (Å²) in [5.74, 6) is 0.407. The zero-order valence-corrected chi connectivity index (χ0v) is 12.8. The molecule has 2 aromatic carbocycles. The van der Waals surface area contributed by atoms with Gasteiger partial charge in [0.1, 0.15) is 11.3 Å². The Morgan fingerprint density at radius 2 is 1.73 bits per heavy atom. The predicted molar refractivity (Wildman–Crippen MR) is 87.4 cm³/mol. The van der Waals surface area contributed by atoms with Crippen molar-refractivity contribution in [2.75, 3.05) is 0 Å². The van der Waals surface area contributed by atoms with Crippen LogP contribution in [-0.4, -0.2) is 5.78 Å². The molecule has 0 fully saturated rings. The van der Waals surface area contributed by atoms with E-state index >= 15 is 0 Å². The maximum absolute atomic E-state index is 12.7. The van der Waals surface area contributed by atoms with Crippen LogP contribution in [-0.2, 0) is 0 Å². The number of hydrogen-bond acceptors (Lipinski definition) is 3. The number of ketones is 1. The molecule has 0 aliphatic carbocycles. The number of carbonyl (C=O) groups excluding carboxylic acids is 1. The zero-order valence-electron chi connectivity index (χ0n) is 12.8. The Morgan fingerprint density at radius 3 is 2.36 bits per heavy atom. The average Bonchev–Trinajstić information content (AvgIpc) is 2.51. The fourth-order valence-electron chi connectivity index (χ4n) is 2.66. The van der Waals surface area contributed by atoms with E-state index in [1.165, 1.54) is 6.92 Å². The van der Waals surface area contributed by atoms with Crippen LogP contribution in [0.15, 0.2) is 51.7 Å². The molecule has 3 aromatic rings. The lowest BCUT2D eigenvalue weighted by Crippen LogP contribution is -2.09. The number of Topliss-reactive ketones (excluding diaryl/α,β-unsaturated/α-hetero) is 1. The van der Waals surface area contributed by atoms with Gasteiger partial charge in [-0.1, -0.05) is 30.3 Å². The van der Waals surface area contributed by atoms with Crippen molar-refractivity contribution in [3.05, 3.63) is 69.4 Å². The fraction of sp³-hybridized carbons (Fsp3) is 0.158. The lowest BCUT2D eigenvalue weighted by atomic mass is 10.0. The quantitative estimate of drug-likeness (QED) is 0.662. The van der Waals surface area contributed by atoms with E-state index in [0.29, 0.717) is 27.9 Å². The van der Waals surface area contributed by atoms with Crippen molar-refractivity contribution in [3.8, 4) is 11.3 Å². The van der Waals surface area contributed by atoms with E-state index in [1.807, 2.05) is 37.3 Å². The molecule has 3 nitrogen and oxygen atoms in total. The molecule has 3 heteroatoms. The Labute approximate surface area is 128 Å². The van der Waals surface area contributed by atoms with Crippen molar-refractivity contribution in [2.24, 2.45) is 0 Å². The summed E-state index contributed by atoms with van der Waals surface area (Å²) in [7, 11) is 0. The number of hydrogen-bond donors (Lipinski definition) is 0. The lowest BCUT2D eigenvalue weighted by Gasteiger charge is -2.10. The molecule has 3 rings (SSSR count). The van der Waals surface area contributed by atoms with E-state index in [9.17, 15) is 9.59 Å². The third kappa shape index (κ3) is 2.25. The van der Waals surface area contributed by atoms with Gasteiger partial charge < -0.3 is 4.42 Å². The van der Waals surface area contributed by atoms with Gasteiger partial charge in [-0.2, -0.15) is 0 Å².